The van der Waals surface area contributed by atoms with Crippen molar-refractivity contribution in [3.05, 3.63) is 11.3 Å². The molecule has 82 valence electrons. The van der Waals surface area contributed by atoms with Crippen molar-refractivity contribution in [2.45, 2.75) is 18.3 Å². The third-order valence-electron chi connectivity index (χ3n) is 3.43. The number of aromatic nitrogens is 2. The van der Waals surface area contributed by atoms with Crippen molar-refractivity contribution in [3.63, 3.8) is 0 Å². The Balaban J connectivity index is 2.23. The van der Waals surface area contributed by atoms with Gasteiger partial charge in [0.15, 0.2) is 5.82 Å². The molecule has 2 aliphatic rings. The average Bonchev–Trinajstić information content (AvgIpc) is 2.78. The number of halogens is 2. The number of aryl methyl sites for hydroxylation is 1. The van der Waals surface area contributed by atoms with Gasteiger partial charge in [0.25, 0.3) is 5.92 Å². The second-order valence-electron chi connectivity index (χ2n) is 4.68. The summed E-state index contributed by atoms with van der Waals surface area (Å²) < 4.78 is 29.0. The molecule has 1 aromatic heterocycles. The van der Waals surface area contributed by atoms with Crippen molar-refractivity contribution >= 4 is 5.82 Å². The lowest BCUT2D eigenvalue weighted by Crippen LogP contribution is -2.18. The van der Waals surface area contributed by atoms with Gasteiger partial charge in [0.1, 0.15) is 5.69 Å². The Kier molecular flexibility index (Phi) is 1.42. The molecule has 2 atom stereocenters. The normalized spacial score (nSPS) is 29.9. The van der Waals surface area contributed by atoms with E-state index in [2.05, 4.69) is 5.10 Å². The highest BCUT2D eigenvalue weighted by Crippen LogP contribution is 2.68. The summed E-state index contributed by atoms with van der Waals surface area (Å²) in [5.74, 6) is -2.38. The van der Waals surface area contributed by atoms with Crippen LogP contribution in [0.2, 0.25) is 0 Å². The van der Waals surface area contributed by atoms with Crippen molar-refractivity contribution in [2.75, 3.05) is 19.0 Å². The van der Waals surface area contributed by atoms with Gasteiger partial charge in [-0.2, -0.15) is 13.9 Å². The molecular weight excluding hydrogens is 200 g/mol. The SMILES string of the molecule is CN(C)c1nn(C)c2c1[C@H]1C[C@H]1C2(F)F. The fraction of sp³-hybridized carbons (Fsp3) is 0.700. The van der Waals surface area contributed by atoms with Crippen LogP contribution in [0, 0.1) is 5.92 Å². The summed E-state index contributed by atoms with van der Waals surface area (Å²) in [6.45, 7) is 0. The van der Waals surface area contributed by atoms with Crippen LogP contribution in [0.4, 0.5) is 14.6 Å². The Morgan fingerprint density at radius 3 is 2.73 bits per heavy atom. The molecule has 0 amide bonds. The van der Waals surface area contributed by atoms with Crippen LogP contribution < -0.4 is 4.90 Å². The third kappa shape index (κ3) is 0.910. The Labute approximate surface area is 86.7 Å². The second-order valence-corrected chi connectivity index (χ2v) is 4.68. The zero-order chi connectivity index (χ0) is 11.0. The van der Waals surface area contributed by atoms with E-state index in [-0.39, 0.29) is 11.6 Å². The summed E-state index contributed by atoms with van der Waals surface area (Å²) in [6, 6.07) is 0. The van der Waals surface area contributed by atoms with Crippen molar-refractivity contribution in [3.8, 4) is 0 Å². The Hall–Kier alpha value is -1.13. The Bertz CT molecular complexity index is 436. The van der Waals surface area contributed by atoms with Crippen molar-refractivity contribution in [1.82, 2.24) is 9.78 Å². The molecule has 0 unspecified atom stereocenters. The predicted molar refractivity (Wildman–Crippen MR) is 52.3 cm³/mol. The monoisotopic (exact) mass is 213 g/mol. The summed E-state index contributed by atoms with van der Waals surface area (Å²) in [5.41, 5.74) is 0.907. The zero-order valence-corrected chi connectivity index (χ0v) is 8.96. The molecule has 1 aromatic rings. The molecule has 0 radical (unpaired) electrons. The number of hydrogen-bond donors (Lipinski definition) is 0. The minimum Gasteiger partial charge on any atom is -0.361 e. The topological polar surface area (TPSA) is 21.1 Å². The highest BCUT2D eigenvalue weighted by atomic mass is 19.3. The molecule has 0 aliphatic heterocycles. The second kappa shape index (κ2) is 2.33. The minimum atomic E-state index is -2.67. The molecule has 3 rings (SSSR count). The predicted octanol–water partition coefficient (Wildman–Crippen LogP) is 1.69. The van der Waals surface area contributed by atoms with Crippen LogP contribution in [-0.4, -0.2) is 23.9 Å². The van der Waals surface area contributed by atoms with Crippen molar-refractivity contribution in [2.24, 2.45) is 13.0 Å². The lowest BCUT2D eigenvalue weighted by atomic mass is 10.1. The highest BCUT2D eigenvalue weighted by Gasteiger charge is 2.66. The fourth-order valence-electron chi connectivity index (χ4n) is 2.68. The van der Waals surface area contributed by atoms with Gasteiger partial charge >= 0.3 is 0 Å². The molecule has 5 heteroatoms. The van der Waals surface area contributed by atoms with Gasteiger partial charge in [0, 0.05) is 32.6 Å². The van der Waals surface area contributed by atoms with Crippen LogP contribution in [0.3, 0.4) is 0 Å². The van der Waals surface area contributed by atoms with E-state index in [1.165, 1.54) is 4.68 Å². The van der Waals surface area contributed by atoms with Crippen LogP contribution in [0.5, 0.6) is 0 Å². The van der Waals surface area contributed by atoms with Crippen LogP contribution in [0.25, 0.3) is 0 Å². The van der Waals surface area contributed by atoms with Gasteiger partial charge < -0.3 is 4.90 Å². The zero-order valence-electron chi connectivity index (χ0n) is 8.96. The maximum Gasteiger partial charge on any atom is 0.293 e. The molecule has 0 spiro atoms. The Morgan fingerprint density at radius 1 is 1.47 bits per heavy atom. The summed E-state index contributed by atoms with van der Waals surface area (Å²) in [6.07, 6.45) is 0.618. The van der Waals surface area contributed by atoms with E-state index >= 15 is 0 Å². The molecule has 3 nitrogen and oxygen atoms in total. The molecule has 0 bridgehead atoms. The molecular formula is C10H13F2N3. The molecule has 15 heavy (non-hydrogen) atoms. The lowest BCUT2D eigenvalue weighted by Gasteiger charge is -2.12. The summed E-state index contributed by atoms with van der Waals surface area (Å²) in [7, 11) is 5.29. The van der Waals surface area contributed by atoms with Crippen LogP contribution >= 0.6 is 0 Å². The smallest absolute Gasteiger partial charge is 0.293 e. The first-order valence-corrected chi connectivity index (χ1v) is 5.07. The molecule has 0 saturated heterocycles. The van der Waals surface area contributed by atoms with Gasteiger partial charge in [0.05, 0.1) is 0 Å². The fourth-order valence-corrected chi connectivity index (χ4v) is 2.68. The van der Waals surface area contributed by atoms with Crippen LogP contribution in [0.15, 0.2) is 0 Å². The summed E-state index contributed by atoms with van der Waals surface area (Å²) >= 11 is 0. The number of rotatable bonds is 1. The van der Waals surface area contributed by atoms with Gasteiger partial charge in [-0.3, -0.25) is 4.68 Å². The van der Waals surface area contributed by atoms with Gasteiger partial charge in [-0.1, -0.05) is 0 Å². The third-order valence-corrected chi connectivity index (χ3v) is 3.43. The standard InChI is InChI=1S/C10H13F2N3/c1-14(2)9-7-5-4-6(5)10(11,12)8(7)15(3)13-9/h5-6H,4H2,1-3H3/t5-,6+/m0/s1. The highest BCUT2D eigenvalue weighted by molar-refractivity contribution is 5.58. The van der Waals surface area contributed by atoms with E-state index in [1.54, 1.807) is 7.05 Å². The molecule has 2 aliphatic carbocycles. The van der Waals surface area contributed by atoms with Crippen LogP contribution in [-0.2, 0) is 13.0 Å². The van der Waals surface area contributed by atoms with E-state index in [0.717, 1.165) is 5.56 Å². The summed E-state index contributed by atoms with van der Waals surface area (Å²) in [4.78, 5) is 1.82. The first kappa shape index (κ1) is 9.12. The minimum absolute atomic E-state index is 0.0427. The number of anilines is 1. The number of nitrogens with zero attached hydrogens (tertiary/aromatic N) is 3. The van der Waals surface area contributed by atoms with E-state index < -0.39 is 11.8 Å². The van der Waals surface area contributed by atoms with E-state index in [1.807, 2.05) is 19.0 Å². The van der Waals surface area contributed by atoms with Crippen molar-refractivity contribution < 1.29 is 8.78 Å². The van der Waals surface area contributed by atoms with Gasteiger partial charge in [-0.15, -0.1) is 0 Å². The molecule has 1 saturated carbocycles. The molecule has 0 aromatic carbocycles. The van der Waals surface area contributed by atoms with E-state index in [9.17, 15) is 8.78 Å². The van der Waals surface area contributed by atoms with Gasteiger partial charge in [0.2, 0.25) is 0 Å². The first-order chi connectivity index (χ1) is 6.94. The van der Waals surface area contributed by atoms with Gasteiger partial charge in [-0.25, -0.2) is 0 Å². The molecule has 1 heterocycles. The number of fused-ring (bicyclic) bond motifs is 3. The maximum absolute atomic E-state index is 13.8. The first-order valence-electron chi connectivity index (χ1n) is 5.07. The Morgan fingerprint density at radius 2 is 2.13 bits per heavy atom. The largest absolute Gasteiger partial charge is 0.361 e. The maximum atomic E-state index is 13.8. The molecule has 1 fully saturated rings. The van der Waals surface area contributed by atoms with E-state index in [0.29, 0.717) is 12.2 Å². The quantitative estimate of drug-likeness (QED) is 0.708. The molecule has 0 N–H and O–H groups in total. The van der Waals surface area contributed by atoms with Crippen molar-refractivity contribution in [1.29, 1.82) is 0 Å². The van der Waals surface area contributed by atoms with E-state index in [4.69, 9.17) is 0 Å². The lowest BCUT2D eigenvalue weighted by molar-refractivity contribution is -0.0301. The van der Waals surface area contributed by atoms with Gasteiger partial charge in [-0.05, 0) is 12.3 Å². The van der Waals surface area contributed by atoms with Crippen LogP contribution in [0.1, 0.15) is 23.6 Å². The summed E-state index contributed by atoms with van der Waals surface area (Å²) in [5, 5.41) is 4.17. The number of alkyl halides is 2. The number of hydrogen-bond acceptors (Lipinski definition) is 2. The average molecular weight is 213 g/mol.